The van der Waals surface area contributed by atoms with Gasteiger partial charge in [0.15, 0.2) is 0 Å². The molecule has 1 aliphatic rings. The number of morpholine rings is 1. The first-order valence-electron chi connectivity index (χ1n) is 8.32. The number of nitrogens with zero attached hydrogens (tertiary/aromatic N) is 3. The highest BCUT2D eigenvalue weighted by Gasteiger charge is 2.27. The van der Waals surface area contributed by atoms with Crippen LogP contribution in [0.25, 0.3) is 0 Å². The largest absolute Gasteiger partial charge is 0.380 e. The number of carbonyl (C=O) groups is 1. The predicted molar refractivity (Wildman–Crippen MR) is 89.3 cm³/mol. The molecule has 1 N–H and O–H groups in total. The molecule has 1 saturated heterocycles. The van der Waals surface area contributed by atoms with Crippen LogP contribution in [0.15, 0.2) is 36.7 Å². The minimum absolute atomic E-state index is 0.000219. The van der Waals surface area contributed by atoms with E-state index in [0.29, 0.717) is 24.5 Å². The molecule has 3 rings (SSSR count). The van der Waals surface area contributed by atoms with E-state index in [1.54, 1.807) is 21.9 Å². The summed E-state index contributed by atoms with van der Waals surface area (Å²) < 4.78 is 20.3. The second-order valence-corrected chi connectivity index (χ2v) is 6.42. The van der Waals surface area contributed by atoms with E-state index in [1.165, 1.54) is 24.3 Å². The summed E-state index contributed by atoms with van der Waals surface area (Å²) in [6.07, 6.45) is 2.18. The van der Waals surface area contributed by atoms with Crippen molar-refractivity contribution in [3.63, 3.8) is 0 Å². The van der Waals surface area contributed by atoms with Crippen LogP contribution in [-0.2, 0) is 16.1 Å². The Morgan fingerprint density at radius 1 is 1.32 bits per heavy atom. The maximum absolute atomic E-state index is 13.1. The van der Waals surface area contributed by atoms with Crippen LogP contribution in [0, 0.1) is 5.82 Å². The van der Waals surface area contributed by atoms with Crippen molar-refractivity contribution in [2.45, 2.75) is 38.7 Å². The summed E-state index contributed by atoms with van der Waals surface area (Å²) in [6, 6.07) is 5.58. The maximum atomic E-state index is 13.1. The normalized spacial score (nSPS) is 22.0. The fourth-order valence-corrected chi connectivity index (χ4v) is 3.12. The molecule has 134 valence electrons. The summed E-state index contributed by atoms with van der Waals surface area (Å²) in [5, 5.41) is 10.5. The lowest BCUT2D eigenvalue weighted by Crippen LogP contribution is -2.49. The van der Waals surface area contributed by atoms with Gasteiger partial charge in [-0.15, -0.1) is 0 Å². The number of aliphatic hydroxyl groups is 1. The zero-order valence-corrected chi connectivity index (χ0v) is 14.3. The molecule has 7 heteroatoms. The SMILES string of the molecule is C[C@@H]1CN(C(=O)Cn2ccnc2[C@@H](O)c2ccc(F)cc2)C[C@H](C)O1. The van der Waals surface area contributed by atoms with Gasteiger partial charge >= 0.3 is 0 Å². The summed E-state index contributed by atoms with van der Waals surface area (Å²) in [6.45, 7) is 5.07. The highest BCUT2D eigenvalue weighted by molar-refractivity contribution is 5.76. The van der Waals surface area contributed by atoms with Crippen molar-refractivity contribution in [2.24, 2.45) is 0 Å². The van der Waals surface area contributed by atoms with Gasteiger partial charge in [0, 0.05) is 25.5 Å². The van der Waals surface area contributed by atoms with Gasteiger partial charge in [-0.25, -0.2) is 9.37 Å². The van der Waals surface area contributed by atoms with Gasteiger partial charge in [0.2, 0.25) is 5.91 Å². The zero-order valence-electron chi connectivity index (χ0n) is 14.3. The van der Waals surface area contributed by atoms with E-state index >= 15 is 0 Å². The molecular weight excluding hydrogens is 325 g/mol. The first kappa shape index (κ1) is 17.6. The van der Waals surface area contributed by atoms with E-state index in [2.05, 4.69) is 4.98 Å². The van der Waals surface area contributed by atoms with Crippen LogP contribution in [0.3, 0.4) is 0 Å². The third-order valence-corrected chi connectivity index (χ3v) is 4.26. The molecule has 1 fully saturated rings. The molecule has 2 heterocycles. The van der Waals surface area contributed by atoms with E-state index in [1.807, 2.05) is 13.8 Å². The van der Waals surface area contributed by atoms with Crippen molar-refractivity contribution in [3.8, 4) is 0 Å². The van der Waals surface area contributed by atoms with Crippen molar-refractivity contribution in [1.29, 1.82) is 0 Å². The Kier molecular flexibility index (Phi) is 5.15. The van der Waals surface area contributed by atoms with Gasteiger partial charge < -0.3 is 19.3 Å². The van der Waals surface area contributed by atoms with E-state index in [-0.39, 0.29) is 30.5 Å². The quantitative estimate of drug-likeness (QED) is 0.915. The summed E-state index contributed by atoms with van der Waals surface area (Å²) in [5.41, 5.74) is 0.523. The molecule has 0 spiro atoms. The Morgan fingerprint density at radius 3 is 2.60 bits per heavy atom. The molecule has 1 aliphatic heterocycles. The number of imidazole rings is 1. The van der Waals surface area contributed by atoms with Crippen LogP contribution in [0.4, 0.5) is 4.39 Å². The minimum Gasteiger partial charge on any atom is -0.380 e. The van der Waals surface area contributed by atoms with Gasteiger partial charge in [0.25, 0.3) is 0 Å². The molecule has 0 aliphatic carbocycles. The molecule has 6 nitrogen and oxygen atoms in total. The number of benzene rings is 1. The van der Waals surface area contributed by atoms with Crippen molar-refractivity contribution in [3.05, 3.63) is 53.9 Å². The molecular formula is C18H22FN3O3. The van der Waals surface area contributed by atoms with Gasteiger partial charge in [-0.2, -0.15) is 0 Å². The lowest BCUT2D eigenvalue weighted by atomic mass is 10.1. The Hall–Kier alpha value is -2.25. The summed E-state index contributed by atoms with van der Waals surface area (Å²) in [5.74, 6) is -0.0631. The molecule has 1 amide bonds. The van der Waals surface area contributed by atoms with Crippen LogP contribution in [0.1, 0.15) is 31.3 Å². The molecule has 1 aromatic carbocycles. The molecule has 1 aromatic heterocycles. The predicted octanol–water partition coefficient (Wildman–Crippen LogP) is 1.74. The second kappa shape index (κ2) is 7.33. The molecule has 0 bridgehead atoms. The number of carbonyl (C=O) groups excluding carboxylic acids is 1. The number of aromatic nitrogens is 2. The van der Waals surface area contributed by atoms with Crippen molar-refractivity contribution in [1.82, 2.24) is 14.5 Å². The van der Waals surface area contributed by atoms with E-state index in [4.69, 9.17) is 4.74 Å². The van der Waals surface area contributed by atoms with Gasteiger partial charge in [-0.1, -0.05) is 12.1 Å². The average molecular weight is 347 g/mol. The molecule has 2 aromatic rings. The van der Waals surface area contributed by atoms with Crippen molar-refractivity contribution < 1.29 is 19.0 Å². The molecule has 0 unspecified atom stereocenters. The third-order valence-electron chi connectivity index (χ3n) is 4.26. The average Bonchev–Trinajstić information content (AvgIpc) is 3.02. The number of hydrogen-bond donors (Lipinski definition) is 1. The second-order valence-electron chi connectivity index (χ2n) is 6.42. The Bertz CT molecular complexity index is 721. The summed E-state index contributed by atoms with van der Waals surface area (Å²) >= 11 is 0. The summed E-state index contributed by atoms with van der Waals surface area (Å²) in [4.78, 5) is 18.5. The van der Waals surface area contributed by atoms with Crippen LogP contribution in [-0.4, -0.2) is 50.8 Å². The van der Waals surface area contributed by atoms with Gasteiger partial charge in [-0.05, 0) is 31.5 Å². The Balaban J connectivity index is 1.73. The van der Waals surface area contributed by atoms with E-state index in [9.17, 15) is 14.3 Å². The van der Waals surface area contributed by atoms with Crippen LogP contribution in [0.2, 0.25) is 0 Å². The molecule has 0 saturated carbocycles. The molecule has 25 heavy (non-hydrogen) atoms. The van der Waals surface area contributed by atoms with Crippen LogP contribution >= 0.6 is 0 Å². The number of rotatable bonds is 4. The van der Waals surface area contributed by atoms with Crippen molar-refractivity contribution >= 4 is 5.91 Å². The number of halogens is 1. The lowest BCUT2D eigenvalue weighted by molar-refractivity contribution is -0.143. The highest BCUT2D eigenvalue weighted by Crippen LogP contribution is 2.21. The van der Waals surface area contributed by atoms with Gasteiger partial charge in [0.05, 0.1) is 12.2 Å². The van der Waals surface area contributed by atoms with Crippen LogP contribution in [0.5, 0.6) is 0 Å². The summed E-state index contributed by atoms with van der Waals surface area (Å²) in [7, 11) is 0. The monoisotopic (exact) mass is 347 g/mol. The number of aliphatic hydroxyl groups excluding tert-OH is 1. The third kappa shape index (κ3) is 4.05. The smallest absolute Gasteiger partial charge is 0.242 e. The zero-order chi connectivity index (χ0) is 18.0. The standard InChI is InChI=1S/C18H22FN3O3/c1-12-9-22(10-13(2)25-12)16(23)11-21-8-7-20-18(21)17(24)14-3-5-15(19)6-4-14/h3-8,12-13,17,24H,9-11H2,1-2H3/t12-,13+,17-/m0/s1. The van der Waals surface area contributed by atoms with Gasteiger partial charge in [-0.3, -0.25) is 4.79 Å². The molecule has 3 atom stereocenters. The first-order valence-corrected chi connectivity index (χ1v) is 8.32. The Labute approximate surface area is 145 Å². The number of hydrogen-bond acceptors (Lipinski definition) is 4. The fraction of sp³-hybridized carbons (Fsp3) is 0.444. The molecule has 0 radical (unpaired) electrons. The minimum atomic E-state index is -1.02. The van der Waals surface area contributed by atoms with Gasteiger partial charge in [0.1, 0.15) is 24.3 Å². The lowest BCUT2D eigenvalue weighted by Gasteiger charge is -2.35. The van der Waals surface area contributed by atoms with E-state index in [0.717, 1.165) is 0 Å². The first-order chi connectivity index (χ1) is 11.9. The van der Waals surface area contributed by atoms with Crippen LogP contribution < -0.4 is 0 Å². The topological polar surface area (TPSA) is 67.6 Å². The maximum Gasteiger partial charge on any atom is 0.242 e. The fourth-order valence-electron chi connectivity index (χ4n) is 3.12. The number of amides is 1. The number of ether oxygens (including phenoxy) is 1. The Morgan fingerprint density at radius 2 is 1.96 bits per heavy atom. The van der Waals surface area contributed by atoms with Crippen molar-refractivity contribution in [2.75, 3.05) is 13.1 Å². The van der Waals surface area contributed by atoms with E-state index < -0.39 is 6.10 Å². The highest BCUT2D eigenvalue weighted by atomic mass is 19.1.